The van der Waals surface area contributed by atoms with Crippen LogP contribution >= 0.6 is 12.2 Å². The third kappa shape index (κ3) is 2.66. The number of nitrogens with two attached hydrogens (primary N) is 1. The second-order valence-corrected chi connectivity index (χ2v) is 6.41. The van der Waals surface area contributed by atoms with E-state index in [0.717, 1.165) is 6.42 Å². The minimum atomic E-state index is -3.43. The number of hydrogen-bond donors (Lipinski definition) is 1. The zero-order valence-electron chi connectivity index (χ0n) is 8.84. The van der Waals surface area contributed by atoms with Gasteiger partial charge in [-0.1, -0.05) is 12.2 Å². The molecule has 0 spiro atoms. The highest BCUT2D eigenvalue weighted by Gasteiger charge is 2.34. The van der Waals surface area contributed by atoms with E-state index in [4.69, 9.17) is 22.7 Å². The Morgan fingerprint density at radius 3 is 2.67 bits per heavy atom. The van der Waals surface area contributed by atoms with E-state index >= 15 is 0 Å². The monoisotopic (exact) mass is 252 g/mol. The molecule has 88 valence electrons. The molecule has 0 saturated carbocycles. The minimum Gasteiger partial charge on any atom is -0.392 e. The van der Waals surface area contributed by atoms with Crippen LogP contribution in [0.15, 0.2) is 0 Å². The molecule has 2 unspecified atom stereocenters. The van der Waals surface area contributed by atoms with Gasteiger partial charge >= 0.3 is 0 Å². The number of ether oxygens (including phenoxy) is 1. The van der Waals surface area contributed by atoms with E-state index in [1.807, 2.05) is 0 Å². The molecule has 1 aliphatic heterocycles. The van der Waals surface area contributed by atoms with E-state index in [-0.39, 0.29) is 11.0 Å². The number of hydrogen-bond acceptors (Lipinski definition) is 4. The maximum absolute atomic E-state index is 12.0. The van der Waals surface area contributed by atoms with Crippen molar-refractivity contribution in [3.8, 4) is 0 Å². The molecule has 0 aromatic heterocycles. The predicted molar refractivity (Wildman–Crippen MR) is 62.2 cm³/mol. The van der Waals surface area contributed by atoms with Crippen LogP contribution < -0.4 is 5.73 Å². The molecule has 1 saturated heterocycles. The van der Waals surface area contributed by atoms with Gasteiger partial charge in [0.05, 0.1) is 17.6 Å². The summed E-state index contributed by atoms with van der Waals surface area (Å²) in [4.78, 5) is 0.000709. The maximum Gasteiger partial charge on any atom is 0.223 e. The molecule has 0 radical (unpaired) electrons. The van der Waals surface area contributed by atoms with Gasteiger partial charge in [-0.25, -0.2) is 8.42 Å². The Bertz CT molecular complexity index is 336. The molecule has 2 N–H and O–H groups in total. The van der Waals surface area contributed by atoms with Crippen molar-refractivity contribution in [3.05, 3.63) is 0 Å². The molecule has 1 rings (SSSR count). The molecule has 2 atom stereocenters. The number of thiocarbonyl (C=S) groups is 1. The normalized spacial score (nSPS) is 24.3. The summed E-state index contributed by atoms with van der Waals surface area (Å²) in [5.74, 6) is 0. The molecule has 15 heavy (non-hydrogen) atoms. The molecular formula is C8H16N2O3S2. The largest absolute Gasteiger partial charge is 0.392 e. The number of nitrogens with zero attached hydrogens (tertiary/aromatic N) is 1. The number of likely N-dealkylation sites (N-methyl/N-ethyl adjacent to an activating group) is 1. The van der Waals surface area contributed by atoms with Crippen LogP contribution in [-0.4, -0.2) is 49.3 Å². The highest BCUT2D eigenvalue weighted by Crippen LogP contribution is 2.17. The Balaban J connectivity index is 2.80. The van der Waals surface area contributed by atoms with Crippen LogP contribution in [0.3, 0.4) is 0 Å². The van der Waals surface area contributed by atoms with E-state index in [1.165, 1.54) is 11.2 Å². The van der Waals surface area contributed by atoms with Crippen molar-refractivity contribution in [2.24, 2.45) is 5.73 Å². The Labute approximate surface area is 95.6 Å². The first-order chi connectivity index (χ1) is 6.87. The highest BCUT2D eigenvalue weighted by molar-refractivity contribution is 7.92. The fraction of sp³-hybridized carbons (Fsp3) is 0.875. The molecule has 1 aliphatic rings. The van der Waals surface area contributed by atoms with Crippen LogP contribution in [-0.2, 0) is 14.8 Å². The molecule has 5 nitrogen and oxygen atoms in total. The van der Waals surface area contributed by atoms with Crippen molar-refractivity contribution >= 4 is 27.2 Å². The Kier molecular flexibility index (Phi) is 4.05. The van der Waals surface area contributed by atoms with Gasteiger partial charge in [-0.2, -0.15) is 4.31 Å². The quantitative estimate of drug-likeness (QED) is 0.696. The van der Waals surface area contributed by atoms with E-state index < -0.39 is 15.3 Å². The van der Waals surface area contributed by atoms with Gasteiger partial charge in [-0.15, -0.1) is 0 Å². The summed E-state index contributed by atoms with van der Waals surface area (Å²) in [6.45, 7) is 2.55. The summed E-state index contributed by atoms with van der Waals surface area (Å²) >= 11 is 4.70. The Hall–Kier alpha value is -0.240. The average molecular weight is 252 g/mol. The third-order valence-corrected chi connectivity index (χ3v) is 5.42. The predicted octanol–water partition coefficient (Wildman–Crippen LogP) is -0.288. The van der Waals surface area contributed by atoms with Crippen LogP contribution in [0, 0.1) is 0 Å². The van der Waals surface area contributed by atoms with Gasteiger partial charge in [0.1, 0.15) is 5.25 Å². The second kappa shape index (κ2) is 4.73. The molecule has 0 amide bonds. The summed E-state index contributed by atoms with van der Waals surface area (Å²) in [5.41, 5.74) is 5.35. The lowest BCUT2D eigenvalue weighted by Crippen LogP contribution is -2.45. The van der Waals surface area contributed by atoms with Crippen molar-refractivity contribution in [3.63, 3.8) is 0 Å². The summed E-state index contributed by atoms with van der Waals surface area (Å²) in [6, 6.07) is -0.0909. The van der Waals surface area contributed by atoms with Gasteiger partial charge in [0.25, 0.3) is 0 Å². The van der Waals surface area contributed by atoms with E-state index in [2.05, 4.69) is 0 Å². The molecule has 0 aromatic rings. The standard InChI is InChI=1S/C8H16N2O3S2/c1-6(8(9)14)15(11,12)10(2)7-3-4-13-5-7/h6-7H,3-5H2,1-2H3,(H2,9,14). The summed E-state index contributed by atoms with van der Waals surface area (Å²) in [5, 5.41) is -0.821. The molecule has 0 aromatic carbocycles. The van der Waals surface area contributed by atoms with Gasteiger partial charge in [0.2, 0.25) is 10.0 Å². The summed E-state index contributed by atoms with van der Waals surface area (Å²) in [7, 11) is -1.89. The number of rotatable bonds is 4. The van der Waals surface area contributed by atoms with E-state index in [0.29, 0.717) is 13.2 Å². The lowest BCUT2D eigenvalue weighted by Gasteiger charge is -2.25. The second-order valence-electron chi connectivity index (χ2n) is 3.62. The average Bonchev–Trinajstić information content (AvgIpc) is 2.67. The Morgan fingerprint density at radius 2 is 2.27 bits per heavy atom. The first kappa shape index (κ1) is 12.8. The van der Waals surface area contributed by atoms with Crippen molar-refractivity contribution in [1.82, 2.24) is 4.31 Å². The zero-order chi connectivity index (χ0) is 11.6. The minimum absolute atomic E-state index is 0.000709. The van der Waals surface area contributed by atoms with Gasteiger partial charge in [-0.3, -0.25) is 0 Å². The molecular weight excluding hydrogens is 236 g/mol. The first-order valence-electron chi connectivity index (χ1n) is 4.71. The number of sulfonamides is 1. The van der Waals surface area contributed by atoms with Crippen molar-refractivity contribution < 1.29 is 13.2 Å². The lowest BCUT2D eigenvalue weighted by molar-refractivity contribution is 0.180. The van der Waals surface area contributed by atoms with Crippen LogP contribution in [0.2, 0.25) is 0 Å². The van der Waals surface area contributed by atoms with Crippen LogP contribution in [0.5, 0.6) is 0 Å². The Morgan fingerprint density at radius 1 is 1.67 bits per heavy atom. The smallest absolute Gasteiger partial charge is 0.223 e. The molecule has 1 heterocycles. The van der Waals surface area contributed by atoms with Crippen molar-refractivity contribution in [2.45, 2.75) is 24.6 Å². The topological polar surface area (TPSA) is 72.6 Å². The maximum atomic E-state index is 12.0. The molecule has 0 aliphatic carbocycles. The fourth-order valence-corrected chi connectivity index (χ4v) is 3.15. The summed E-state index contributed by atoms with van der Waals surface area (Å²) < 4.78 is 30.4. The van der Waals surface area contributed by atoms with Crippen LogP contribution in [0.1, 0.15) is 13.3 Å². The molecule has 1 fully saturated rings. The molecule has 0 bridgehead atoms. The van der Waals surface area contributed by atoms with Crippen molar-refractivity contribution in [1.29, 1.82) is 0 Å². The highest BCUT2D eigenvalue weighted by atomic mass is 32.2. The van der Waals surface area contributed by atoms with Gasteiger partial charge in [-0.05, 0) is 13.3 Å². The third-order valence-electron chi connectivity index (χ3n) is 2.67. The van der Waals surface area contributed by atoms with Crippen LogP contribution in [0.4, 0.5) is 0 Å². The summed E-state index contributed by atoms with van der Waals surface area (Å²) in [6.07, 6.45) is 0.722. The van der Waals surface area contributed by atoms with Crippen LogP contribution in [0.25, 0.3) is 0 Å². The first-order valence-corrected chi connectivity index (χ1v) is 6.62. The van der Waals surface area contributed by atoms with E-state index in [1.54, 1.807) is 7.05 Å². The lowest BCUT2D eigenvalue weighted by atomic mass is 10.3. The SMILES string of the molecule is CC(C(N)=S)S(=O)(=O)N(C)C1CCOC1. The van der Waals surface area contributed by atoms with Crippen molar-refractivity contribution in [2.75, 3.05) is 20.3 Å². The fourth-order valence-electron chi connectivity index (χ4n) is 1.41. The van der Waals surface area contributed by atoms with Gasteiger partial charge < -0.3 is 10.5 Å². The molecule has 7 heteroatoms. The van der Waals surface area contributed by atoms with E-state index in [9.17, 15) is 8.42 Å². The van der Waals surface area contributed by atoms with Gasteiger partial charge in [0, 0.05) is 13.7 Å². The zero-order valence-corrected chi connectivity index (χ0v) is 10.5. The van der Waals surface area contributed by atoms with Gasteiger partial charge in [0.15, 0.2) is 0 Å².